The molecule has 0 bridgehead atoms. The topological polar surface area (TPSA) is 51.2 Å². The second-order valence-corrected chi connectivity index (χ2v) is 4.40. The predicted molar refractivity (Wildman–Crippen MR) is 63.3 cm³/mol. The minimum atomic E-state index is -0.123. The molecular weight excluding hydrogens is 224 g/mol. The van der Waals surface area contributed by atoms with Crippen LogP contribution in [0.5, 0.6) is 0 Å². The van der Waals surface area contributed by atoms with E-state index >= 15 is 0 Å². The number of nitrogens with one attached hydrogen (secondary N) is 1. The first-order valence-corrected chi connectivity index (χ1v) is 5.71. The molecule has 0 saturated carbocycles. The molecule has 1 aromatic heterocycles. The van der Waals surface area contributed by atoms with Crippen molar-refractivity contribution in [2.24, 2.45) is 0 Å². The molecule has 0 unspecified atom stereocenters. The fourth-order valence-corrected chi connectivity index (χ4v) is 2.26. The monoisotopic (exact) mass is 236 g/mol. The summed E-state index contributed by atoms with van der Waals surface area (Å²) < 4.78 is 5.86. The van der Waals surface area contributed by atoms with Gasteiger partial charge in [0, 0.05) is 7.11 Å². The Kier molecular flexibility index (Phi) is 3.48. The molecule has 0 saturated heterocycles. The fourth-order valence-electron chi connectivity index (χ4n) is 1.35. The van der Waals surface area contributed by atoms with Crippen LogP contribution >= 0.6 is 11.3 Å². The van der Waals surface area contributed by atoms with E-state index in [2.05, 4.69) is 10.3 Å². The van der Waals surface area contributed by atoms with Gasteiger partial charge < -0.3 is 10.1 Å². The number of rotatable bonds is 4. The van der Waals surface area contributed by atoms with Crippen LogP contribution in [0.2, 0.25) is 0 Å². The van der Waals surface area contributed by atoms with Gasteiger partial charge in [-0.2, -0.15) is 0 Å². The lowest BCUT2D eigenvalue weighted by atomic mass is 10.3. The molecule has 4 nitrogen and oxygen atoms in total. The van der Waals surface area contributed by atoms with Crippen LogP contribution in [0, 0.1) is 0 Å². The molecule has 1 aromatic carbocycles. The normalized spacial score (nSPS) is 10.6. The van der Waals surface area contributed by atoms with E-state index in [9.17, 15) is 4.79 Å². The van der Waals surface area contributed by atoms with E-state index in [1.165, 1.54) is 7.11 Å². The van der Waals surface area contributed by atoms with E-state index in [0.29, 0.717) is 6.54 Å². The zero-order valence-electron chi connectivity index (χ0n) is 8.90. The van der Waals surface area contributed by atoms with Gasteiger partial charge >= 0.3 is 0 Å². The molecule has 0 aliphatic carbocycles. The summed E-state index contributed by atoms with van der Waals surface area (Å²) in [6, 6.07) is 7.92. The fraction of sp³-hybridized carbons (Fsp3) is 0.273. The summed E-state index contributed by atoms with van der Waals surface area (Å²) in [5, 5.41) is 3.65. The number of hydrogen-bond acceptors (Lipinski definition) is 4. The summed E-state index contributed by atoms with van der Waals surface area (Å²) in [6.07, 6.45) is 0. The summed E-state index contributed by atoms with van der Waals surface area (Å²) in [5.41, 5.74) is 0.975. The minimum Gasteiger partial charge on any atom is -0.375 e. The number of thiazole rings is 1. The number of carbonyl (C=O) groups is 1. The van der Waals surface area contributed by atoms with Gasteiger partial charge in [-0.1, -0.05) is 12.1 Å². The molecule has 1 amide bonds. The van der Waals surface area contributed by atoms with E-state index in [1.54, 1.807) is 11.3 Å². The molecule has 0 radical (unpaired) electrons. The van der Waals surface area contributed by atoms with Crippen molar-refractivity contribution in [3.8, 4) is 0 Å². The molecule has 0 aliphatic rings. The Labute approximate surface area is 97.3 Å². The van der Waals surface area contributed by atoms with Crippen LogP contribution < -0.4 is 5.32 Å². The third kappa shape index (κ3) is 2.56. The molecule has 0 fully saturated rings. The van der Waals surface area contributed by atoms with Gasteiger partial charge in [0.1, 0.15) is 11.6 Å². The Morgan fingerprint density at radius 1 is 1.50 bits per heavy atom. The largest absolute Gasteiger partial charge is 0.375 e. The molecular formula is C11H12N2O2S. The lowest BCUT2D eigenvalue weighted by Gasteiger charge is -2.00. The quantitative estimate of drug-likeness (QED) is 0.876. The Morgan fingerprint density at radius 3 is 3.06 bits per heavy atom. The van der Waals surface area contributed by atoms with Crippen molar-refractivity contribution in [3.05, 3.63) is 29.3 Å². The van der Waals surface area contributed by atoms with Gasteiger partial charge in [-0.15, -0.1) is 11.3 Å². The van der Waals surface area contributed by atoms with Crippen molar-refractivity contribution < 1.29 is 9.53 Å². The Morgan fingerprint density at radius 2 is 2.31 bits per heavy atom. The van der Waals surface area contributed by atoms with Crippen molar-refractivity contribution in [2.45, 2.75) is 6.54 Å². The van der Waals surface area contributed by atoms with Crippen LogP contribution in [0.25, 0.3) is 10.2 Å². The maximum Gasteiger partial charge on any atom is 0.246 e. The molecule has 1 heterocycles. The SMILES string of the molecule is COCC(=O)NCc1nc2ccccc2s1. The average Bonchev–Trinajstić information content (AvgIpc) is 2.69. The number of amides is 1. The zero-order valence-corrected chi connectivity index (χ0v) is 9.71. The lowest BCUT2D eigenvalue weighted by molar-refractivity contribution is -0.124. The van der Waals surface area contributed by atoms with Crippen LogP contribution in [0.15, 0.2) is 24.3 Å². The second-order valence-electron chi connectivity index (χ2n) is 3.29. The van der Waals surface area contributed by atoms with Gasteiger partial charge in [-0.3, -0.25) is 4.79 Å². The molecule has 1 N–H and O–H groups in total. The average molecular weight is 236 g/mol. The third-order valence-corrected chi connectivity index (χ3v) is 3.09. The molecule has 5 heteroatoms. The van der Waals surface area contributed by atoms with Crippen LogP contribution in [0.1, 0.15) is 5.01 Å². The Balaban J connectivity index is 2.02. The number of benzene rings is 1. The van der Waals surface area contributed by atoms with E-state index in [-0.39, 0.29) is 12.5 Å². The highest BCUT2D eigenvalue weighted by atomic mass is 32.1. The first-order chi connectivity index (χ1) is 7.79. The highest BCUT2D eigenvalue weighted by Crippen LogP contribution is 2.21. The molecule has 0 atom stereocenters. The smallest absolute Gasteiger partial charge is 0.246 e. The van der Waals surface area contributed by atoms with Gasteiger partial charge in [0.05, 0.1) is 16.8 Å². The molecule has 2 rings (SSSR count). The zero-order chi connectivity index (χ0) is 11.4. The summed E-state index contributed by atoms with van der Waals surface area (Å²) in [5.74, 6) is -0.123. The summed E-state index contributed by atoms with van der Waals surface area (Å²) in [7, 11) is 1.50. The number of carbonyl (C=O) groups excluding carboxylic acids is 1. The third-order valence-electron chi connectivity index (χ3n) is 2.05. The van der Waals surface area contributed by atoms with Crippen LogP contribution in [0.3, 0.4) is 0 Å². The molecule has 0 aliphatic heterocycles. The maximum absolute atomic E-state index is 11.2. The molecule has 16 heavy (non-hydrogen) atoms. The number of ether oxygens (including phenoxy) is 1. The van der Waals surface area contributed by atoms with Crippen molar-refractivity contribution in [2.75, 3.05) is 13.7 Å². The first kappa shape index (κ1) is 11.0. The van der Waals surface area contributed by atoms with E-state index < -0.39 is 0 Å². The number of nitrogens with zero attached hydrogens (tertiary/aromatic N) is 1. The standard InChI is InChI=1S/C11H12N2O2S/c1-15-7-10(14)12-6-11-13-8-4-2-3-5-9(8)16-11/h2-5H,6-7H2,1H3,(H,12,14). The van der Waals surface area contributed by atoms with Crippen LogP contribution in [0.4, 0.5) is 0 Å². The Hall–Kier alpha value is -1.46. The van der Waals surface area contributed by atoms with Gasteiger partial charge in [0.2, 0.25) is 5.91 Å². The maximum atomic E-state index is 11.2. The highest BCUT2D eigenvalue weighted by Gasteiger charge is 2.04. The van der Waals surface area contributed by atoms with Gasteiger partial charge in [-0.25, -0.2) is 4.98 Å². The van der Waals surface area contributed by atoms with Crippen LogP contribution in [-0.4, -0.2) is 24.6 Å². The predicted octanol–water partition coefficient (Wildman–Crippen LogP) is 1.56. The van der Waals surface area contributed by atoms with E-state index in [0.717, 1.165) is 15.2 Å². The van der Waals surface area contributed by atoms with E-state index in [4.69, 9.17) is 4.74 Å². The van der Waals surface area contributed by atoms with Crippen molar-refractivity contribution >= 4 is 27.5 Å². The van der Waals surface area contributed by atoms with Crippen molar-refractivity contribution in [1.82, 2.24) is 10.3 Å². The van der Waals surface area contributed by atoms with Crippen molar-refractivity contribution in [3.63, 3.8) is 0 Å². The van der Waals surface area contributed by atoms with Gasteiger partial charge in [0.25, 0.3) is 0 Å². The highest BCUT2D eigenvalue weighted by molar-refractivity contribution is 7.18. The van der Waals surface area contributed by atoms with Gasteiger partial charge in [0.15, 0.2) is 0 Å². The first-order valence-electron chi connectivity index (χ1n) is 4.89. The lowest BCUT2D eigenvalue weighted by Crippen LogP contribution is -2.26. The molecule has 2 aromatic rings. The number of fused-ring (bicyclic) bond motifs is 1. The van der Waals surface area contributed by atoms with Crippen molar-refractivity contribution in [1.29, 1.82) is 0 Å². The minimum absolute atomic E-state index is 0.0882. The number of aromatic nitrogens is 1. The number of methoxy groups -OCH3 is 1. The second kappa shape index (κ2) is 5.05. The molecule has 0 spiro atoms. The number of hydrogen-bond donors (Lipinski definition) is 1. The van der Waals surface area contributed by atoms with E-state index in [1.807, 2.05) is 24.3 Å². The molecule has 84 valence electrons. The number of para-hydroxylation sites is 1. The summed E-state index contributed by atoms with van der Waals surface area (Å²) in [4.78, 5) is 15.6. The summed E-state index contributed by atoms with van der Waals surface area (Å²) >= 11 is 1.59. The Bertz CT molecular complexity index is 462. The van der Waals surface area contributed by atoms with Crippen LogP contribution in [-0.2, 0) is 16.1 Å². The summed E-state index contributed by atoms with van der Waals surface area (Å²) in [6.45, 7) is 0.548. The van der Waals surface area contributed by atoms with Gasteiger partial charge in [-0.05, 0) is 12.1 Å².